The van der Waals surface area contributed by atoms with E-state index in [1.54, 1.807) is 0 Å². The van der Waals surface area contributed by atoms with Crippen molar-refractivity contribution in [3.05, 3.63) is 30.1 Å². The molecule has 0 saturated heterocycles. The van der Waals surface area contributed by atoms with Crippen LogP contribution < -0.4 is 0 Å². The summed E-state index contributed by atoms with van der Waals surface area (Å²) < 4.78 is 0. The molecular formula is C12H17NO. The predicted octanol–water partition coefficient (Wildman–Crippen LogP) is 2.18. The average Bonchev–Trinajstić information content (AvgIpc) is 2.89. The Balaban J connectivity index is 1.84. The first-order valence-electron chi connectivity index (χ1n) is 5.37. The average molecular weight is 191 g/mol. The van der Waals surface area contributed by atoms with Gasteiger partial charge in [-0.25, -0.2) is 0 Å². The van der Waals surface area contributed by atoms with Crippen molar-refractivity contribution in [2.24, 2.45) is 5.92 Å². The number of pyridine rings is 1. The lowest BCUT2D eigenvalue weighted by atomic mass is 10.1. The van der Waals surface area contributed by atoms with E-state index in [1.165, 1.54) is 0 Å². The second kappa shape index (κ2) is 3.70. The second-order valence-electron chi connectivity index (χ2n) is 4.23. The molecule has 1 aliphatic carbocycles. The predicted molar refractivity (Wildman–Crippen MR) is 55.9 cm³/mol. The molecule has 2 nitrogen and oxygen atoms in total. The fourth-order valence-electron chi connectivity index (χ4n) is 2.09. The summed E-state index contributed by atoms with van der Waals surface area (Å²) >= 11 is 0. The van der Waals surface area contributed by atoms with Crippen molar-refractivity contribution in [2.75, 3.05) is 0 Å². The van der Waals surface area contributed by atoms with E-state index >= 15 is 0 Å². The summed E-state index contributed by atoms with van der Waals surface area (Å²) in [6.07, 6.45) is 5.65. The zero-order valence-electron chi connectivity index (χ0n) is 8.61. The zero-order valence-corrected chi connectivity index (χ0v) is 8.61. The third-order valence-corrected chi connectivity index (χ3v) is 3.23. The number of nitrogens with zero attached hydrogens (tertiary/aromatic N) is 1. The van der Waals surface area contributed by atoms with E-state index in [-0.39, 0.29) is 5.60 Å². The highest BCUT2D eigenvalue weighted by molar-refractivity contribution is 5.08. The molecule has 1 fully saturated rings. The monoisotopic (exact) mass is 191 g/mol. The van der Waals surface area contributed by atoms with Gasteiger partial charge < -0.3 is 5.11 Å². The summed E-state index contributed by atoms with van der Waals surface area (Å²) in [7, 11) is 0. The van der Waals surface area contributed by atoms with Crippen LogP contribution in [0.15, 0.2) is 24.4 Å². The molecule has 0 bridgehead atoms. The fraction of sp³-hybridized carbons (Fsp3) is 0.583. The molecule has 1 heterocycles. The van der Waals surface area contributed by atoms with Gasteiger partial charge in [0.1, 0.15) is 0 Å². The SMILES string of the molecule is CCC1CC1(O)CCc1ccccn1. The lowest BCUT2D eigenvalue weighted by Gasteiger charge is -2.08. The molecule has 1 aromatic rings. The molecule has 14 heavy (non-hydrogen) atoms. The van der Waals surface area contributed by atoms with Crippen molar-refractivity contribution < 1.29 is 5.11 Å². The third-order valence-electron chi connectivity index (χ3n) is 3.23. The van der Waals surface area contributed by atoms with E-state index in [0.717, 1.165) is 31.4 Å². The quantitative estimate of drug-likeness (QED) is 0.791. The van der Waals surface area contributed by atoms with Crippen molar-refractivity contribution >= 4 is 0 Å². The Hall–Kier alpha value is -0.890. The Morgan fingerprint density at radius 1 is 1.57 bits per heavy atom. The summed E-state index contributed by atoms with van der Waals surface area (Å²) in [5.74, 6) is 0.534. The van der Waals surface area contributed by atoms with E-state index in [9.17, 15) is 5.11 Å². The maximum atomic E-state index is 10.0. The van der Waals surface area contributed by atoms with Gasteiger partial charge in [-0.15, -0.1) is 0 Å². The number of hydrogen-bond donors (Lipinski definition) is 1. The van der Waals surface area contributed by atoms with Crippen LogP contribution >= 0.6 is 0 Å². The van der Waals surface area contributed by atoms with Gasteiger partial charge in [-0.1, -0.05) is 19.4 Å². The van der Waals surface area contributed by atoms with Crippen molar-refractivity contribution in [2.45, 2.75) is 38.2 Å². The Labute approximate surface area is 85.0 Å². The molecule has 1 aromatic heterocycles. The fourth-order valence-corrected chi connectivity index (χ4v) is 2.09. The topological polar surface area (TPSA) is 33.1 Å². The minimum Gasteiger partial charge on any atom is -0.390 e. The van der Waals surface area contributed by atoms with Gasteiger partial charge in [-0.2, -0.15) is 0 Å². The van der Waals surface area contributed by atoms with E-state index in [0.29, 0.717) is 5.92 Å². The maximum Gasteiger partial charge on any atom is 0.0684 e. The van der Waals surface area contributed by atoms with E-state index in [1.807, 2.05) is 24.4 Å². The van der Waals surface area contributed by atoms with Crippen LogP contribution in [0.25, 0.3) is 0 Å². The molecular weight excluding hydrogens is 174 g/mol. The van der Waals surface area contributed by atoms with Crippen LogP contribution in [-0.4, -0.2) is 15.7 Å². The maximum absolute atomic E-state index is 10.0. The van der Waals surface area contributed by atoms with Crippen LogP contribution in [0.2, 0.25) is 0 Å². The van der Waals surface area contributed by atoms with Gasteiger partial charge in [-0.05, 0) is 37.3 Å². The molecule has 2 rings (SSSR count). The smallest absolute Gasteiger partial charge is 0.0684 e. The van der Waals surface area contributed by atoms with Gasteiger partial charge >= 0.3 is 0 Å². The molecule has 2 unspecified atom stereocenters. The second-order valence-corrected chi connectivity index (χ2v) is 4.23. The first-order chi connectivity index (χ1) is 6.74. The molecule has 0 aromatic carbocycles. The molecule has 0 spiro atoms. The molecule has 2 heteroatoms. The first kappa shape index (κ1) is 9.66. The highest BCUT2D eigenvalue weighted by Crippen LogP contribution is 2.48. The van der Waals surface area contributed by atoms with Crippen LogP contribution in [0, 0.1) is 5.92 Å². The standard InChI is InChI=1S/C12H17NO/c1-2-10-9-12(10,14)7-6-11-5-3-4-8-13-11/h3-5,8,10,14H,2,6-7,9H2,1H3. The van der Waals surface area contributed by atoms with E-state index in [2.05, 4.69) is 11.9 Å². The zero-order chi connectivity index (χ0) is 10.0. The van der Waals surface area contributed by atoms with E-state index < -0.39 is 0 Å². The van der Waals surface area contributed by atoms with Crippen molar-refractivity contribution in [3.63, 3.8) is 0 Å². The minimum atomic E-state index is -0.369. The van der Waals surface area contributed by atoms with Crippen LogP contribution in [0.1, 0.15) is 31.9 Å². The normalized spacial score (nSPS) is 30.3. The number of rotatable bonds is 4. The van der Waals surface area contributed by atoms with Crippen molar-refractivity contribution in [3.8, 4) is 0 Å². The van der Waals surface area contributed by atoms with Gasteiger partial charge in [0.05, 0.1) is 5.60 Å². The number of aryl methyl sites for hydroxylation is 1. The molecule has 0 amide bonds. The molecule has 0 aliphatic heterocycles. The highest BCUT2D eigenvalue weighted by Gasteiger charge is 2.50. The Morgan fingerprint density at radius 3 is 3.00 bits per heavy atom. The van der Waals surface area contributed by atoms with Crippen LogP contribution in [-0.2, 0) is 6.42 Å². The highest BCUT2D eigenvalue weighted by atomic mass is 16.3. The lowest BCUT2D eigenvalue weighted by molar-refractivity contribution is 0.120. The van der Waals surface area contributed by atoms with Crippen molar-refractivity contribution in [1.82, 2.24) is 4.98 Å². The lowest BCUT2D eigenvalue weighted by Crippen LogP contribution is -2.12. The summed E-state index contributed by atoms with van der Waals surface area (Å²) in [6.45, 7) is 2.14. The third kappa shape index (κ3) is 1.95. The molecule has 0 radical (unpaired) electrons. The summed E-state index contributed by atoms with van der Waals surface area (Å²) in [4.78, 5) is 4.25. The first-order valence-corrected chi connectivity index (χ1v) is 5.37. The van der Waals surface area contributed by atoms with Gasteiger partial charge in [0.15, 0.2) is 0 Å². The molecule has 2 atom stereocenters. The molecule has 1 N–H and O–H groups in total. The molecule has 1 aliphatic rings. The minimum absolute atomic E-state index is 0.369. The summed E-state index contributed by atoms with van der Waals surface area (Å²) in [5.41, 5.74) is 0.717. The van der Waals surface area contributed by atoms with Gasteiger partial charge in [0.25, 0.3) is 0 Å². The van der Waals surface area contributed by atoms with Gasteiger partial charge in [-0.3, -0.25) is 4.98 Å². The van der Waals surface area contributed by atoms with Crippen LogP contribution in [0.5, 0.6) is 0 Å². The van der Waals surface area contributed by atoms with Gasteiger partial charge in [0, 0.05) is 11.9 Å². The van der Waals surface area contributed by atoms with E-state index in [4.69, 9.17) is 0 Å². The number of aromatic nitrogens is 1. The van der Waals surface area contributed by atoms with Crippen LogP contribution in [0.4, 0.5) is 0 Å². The van der Waals surface area contributed by atoms with Crippen molar-refractivity contribution in [1.29, 1.82) is 0 Å². The number of hydrogen-bond acceptors (Lipinski definition) is 2. The van der Waals surface area contributed by atoms with Crippen LogP contribution in [0.3, 0.4) is 0 Å². The summed E-state index contributed by atoms with van der Waals surface area (Å²) in [6, 6.07) is 5.94. The Morgan fingerprint density at radius 2 is 2.43 bits per heavy atom. The molecule has 1 saturated carbocycles. The molecule has 76 valence electrons. The Kier molecular flexibility index (Phi) is 2.55. The largest absolute Gasteiger partial charge is 0.390 e. The summed E-state index contributed by atoms with van der Waals surface area (Å²) in [5, 5.41) is 10.0. The Bertz CT molecular complexity index is 298. The number of aliphatic hydroxyl groups is 1. The van der Waals surface area contributed by atoms with Gasteiger partial charge in [0.2, 0.25) is 0 Å².